The predicted molar refractivity (Wildman–Crippen MR) is 85.2 cm³/mol. The number of aliphatic imine (C=N–C) groups is 1. The van der Waals surface area contributed by atoms with E-state index in [0.717, 1.165) is 16.9 Å². The van der Waals surface area contributed by atoms with Crippen LogP contribution in [0.2, 0.25) is 0 Å². The number of alkyl halides is 6. The molecule has 144 valence electrons. The molecule has 4 aromatic rings. The number of oxazole rings is 1. The summed E-state index contributed by atoms with van der Waals surface area (Å²) in [5, 5.41) is -0.503. The third-order valence-electron chi connectivity index (χ3n) is 3.93. The molecule has 28 heavy (non-hydrogen) atoms. The summed E-state index contributed by atoms with van der Waals surface area (Å²) in [4.78, 5) is 14.9. The Labute approximate surface area is 151 Å². The van der Waals surface area contributed by atoms with Gasteiger partial charge in [0.15, 0.2) is 12.2 Å². The summed E-state index contributed by atoms with van der Waals surface area (Å²) >= 11 is 0. The number of hydrogen-bond donors (Lipinski definition) is 0. The molecule has 0 N–H and O–H groups in total. The second-order valence-electron chi connectivity index (χ2n) is 5.64. The molecule has 6 nitrogen and oxygen atoms in total. The normalized spacial score (nSPS) is 12.8. The van der Waals surface area contributed by atoms with Crippen LogP contribution in [0.3, 0.4) is 0 Å². The zero-order chi connectivity index (χ0) is 20.3. The Morgan fingerprint density at radius 1 is 1.04 bits per heavy atom. The summed E-state index contributed by atoms with van der Waals surface area (Å²) in [6.45, 7) is 3.30. The van der Waals surface area contributed by atoms with Gasteiger partial charge < -0.3 is 4.42 Å². The largest absolute Gasteiger partial charge is 0.439 e. The highest BCUT2D eigenvalue weighted by atomic mass is 19.4. The first-order chi connectivity index (χ1) is 13.1. The first-order valence-electron chi connectivity index (χ1n) is 7.47. The lowest BCUT2D eigenvalue weighted by molar-refractivity contribution is -0.144. The topological polar surface area (TPSA) is 68.6 Å². The summed E-state index contributed by atoms with van der Waals surface area (Å²) in [5.41, 5.74) is -3.50. The van der Waals surface area contributed by atoms with E-state index in [9.17, 15) is 26.3 Å². The molecule has 0 atom stereocenters. The summed E-state index contributed by atoms with van der Waals surface area (Å²) in [5.74, 6) is 0.141. The van der Waals surface area contributed by atoms with Crippen molar-refractivity contribution < 1.29 is 30.8 Å². The lowest BCUT2D eigenvalue weighted by Gasteiger charge is -2.14. The molecule has 0 radical (unpaired) electrons. The Morgan fingerprint density at radius 3 is 2.43 bits per heavy atom. The molecular formula is C16H7F6N5O. The van der Waals surface area contributed by atoms with Gasteiger partial charge in [-0.25, -0.2) is 15.0 Å². The third kappa shape index (κ3) is 2.77. The lowest BCUT2D eigenvalue weighted by atomic mass is 10.1. The molecule has 0 aromatic carbocycles. The molecule has 0 aliphatic carbocycles. The third-order valence-corrected chi connectivity index (χ3v) is 3.93. The van der Waals surface area contributed by atoms with Gasteiger partial charge in [-0.1, -0.05) is 0 Å². The smallest absolute Gasteiger partial charge is 0.433 e. The first kappa shape index (κ1) is 17.9. The maximum absolute atomic E-state index is 13.4. The van der Waals surface area contributed by atoms with Crippen LogP contribution in [0.4, 0.5) is 32.2 Å². The summed E-state index contributed by atoms with van der Waals surface area (Å²) < 4.78 is 85.6. The fourth-order valence-electron chi connectivity index (χ4n) is 2.75. The van der Waals surface area contributed by atoms with E-state index >= 15 is 0 Å². The van der Waals surface area contributed by atoms with Crippen molar-refractivity contribution in [3.8, 4) is 11.5 Å². The van der Waals surface area contributed by atoms with Crippen LogP contribution in [0, 0.1) is 0 Å². The Balaban J connectivity index is 2.07. The second-order valence-corrected chi connectivity index (χ2v) is 5.64. The number of aromatic nitrogens is 4. The first-order valence-corrected chi connectivity index (χ1v) is 7.47. The Hall–Kier alpha value is -3.44. The van der Waals surface area contributed by atoms with E-state index in [4.69, 9.17) is 4.42 Å². The minimum atomic E-state index is -5.06. The van der Waals surface area contributed by atoms with Gasteiger partial charge >= 0.3 is 12.4 Å². The summed E-state index contributed by atoms with van der Waals surface area (Å²) in [6, 6.07) is 2.24. The van der Waals surface area contributed by atoms with E-state index in [0.29, 0.717) is 0 Å². The molecule has 4 rings (SSSR count). The number of halogens is 6. The zero-order valence-electron chi connectivity index (χ0n) is 13.5. The van der Waals surface area contributed by atoms with Crippen molar-refractivity contribution in [1.82, 2.24) is 19.4 Å². The van der Waals surface area contributed by atoms with Gasteiger partial charge in [0.25, 0.3) is 0 Å². The van der Waals surface area contributed by atoms with Crippen molar-refractivity contribution in [2.45, 2.75) is 12.4 Å². The van der Waals surface area contributed by atoms with Crippen LogP contribution in [0.1, 0.15) is 11.3 Å². The molecule has 4 heterocycles. The van der Waals surface area contributed by atoms with Crippen molar-refractivity contribution >= 4 is 29.2 Å². The monoisotopic (exact) mass is 399 g/mol. The van der Waals surface area contributed by atoms with E-state index in [1.165, 1.54) is 12.3 Å². The van der Waals surface area contributed by atoms with Gasteiger partial charge in [-0.05, 0) is 24.9 Å². The van der Waals surface area contributed by atoms with Crippen LogP contribution in [0.15, 0.2) is 40.2 Å². The van der Waals surface area contributed by atoms with Gasteiger partial charge in [0, 0.05) is 11.6 Å². The van der Waals surface area contributed by atoms with E-state index in [-0.39, 0.29) is 29.0 Å². The minimum Gasteiger partial charge on any atom is -0.439 e. The van der Waals surface area contributed by atoms with Gasteiger partial charge in [-0.15, -0.1) is 0 Å². The van der Waals surface area contributed by atoms with Crippen molar-refractivity contribution in [2.24, 2.45) is 4.99 Å². The number of imidazole rings is 1. The van der Waals surface area contributed by atoms with E-state index in [1.54, 1.807) is 0 Å². The summed E-state index contributed by atoms with van der Waals surface area (Å²) in [7, 11) is 0. The van der Waals surface area contributed by atoms with Crippen LogP contribution in [-0.4, -0.2) is 26.1 Å². The Morgan fingerprint density at radius 2 is 1.79 bits per heavy atom. The molecule has 4 aromatic heterocycles. The highest BCUT2D eigenvalue weighted by Gasteiger charge is 2.39. The van der Waals surface area contributed by atoms with Gasteiger partial charge in [-0.2, -0.15) is 31.3 Å². The average Bonchev–Trinajstić information content (AvgIpc) is 3.24. The maximum Gasteiger partial charge on any atom is 0.433 e. The molecule has 0 spiro atoms. The Kier molecular flexibility index (Phi) is 3.70. The molecule has 0 saturated heterocycles. The molecule has 12 heteroatoms. The van der Waals surface area contributed by atoms with Crippen LogP contribution in [0.25, 0.3) is 28.1 Å². The van der Waals surface area contributed by atoms with E-state index in [2.05, 4.69) is 26.7 Å². The number of pyridine rings is 2. The molecule has 0 saturated carbocycles. The Bertz CT molecular complexity index is 1220. The SMILES string of the molecule is C=Nc1ncoc1-c1cn2c(ccc3c(C(F)(F)F)cc(C(F)(F)F)nc32)n1. The molecule has 0 unspecified atom stereocenters. The predicted octanol–water partition coefficient (Wildman–Crippen LogP) is 4.91. The molecule has 0 fully saturated rings. The van der Waals surface area contributed by atoms with E-state index in [1.807, 2.05) is 0 Å². The number of fused-ring (bicyclic) bond motifs is 3. The average molecular weight is 399 g/mol. The maximum atomic E-state index is 13.4. The standard InChI is InChI=1S/C16H7F6N5O/c1-23-13-12(28-6-24-13)9-5-27-11(25-9)3-2-7-8(15(17,18)19)4-10(16(20,21)22)26-14(7)27/h2-6H,1H2. The molecule has 0 bridgehead atoms. The van der Waals surface area contributed by atoms with Crippen molar-refractivity contribution in [2.75, 3.05) is 0 Å². The lowest BCUT2D eigenvalue weighted by Crippen LogP contribution is -2.14. The van der Waals surface area contributed by atoms with Crippen LogP contribution in [-0.2, 0) is 12.4 Å². The van der Waals surface area contributed by atoms with Gasteiger partial charge in [0.2, 0.25) is 5.76 Å². The second kappa shape index (κ2) is 5.78. The fraction of sp³-hybridized carbons (Fsp3) is 0.125. The fourth-order valence-corrected chi connectivity index (χ4v) is 2.75. The highest BCUT2D eigenvalue weighted by molar-refractivity contribution is 5.84. The van der Waals surface area contributed by atoms with Gasteiger partial charge in [0.05, 0.1) is 5.56 Å². The highest BCUT2D eigenvalue weighted by Crippen LogP contribution is 2.39. The number of rotatable bonds is 2. The van der Waals surface area contributed by atoms with Crippen LogP contribution < -0.4 is 0 Å². The van der Waals surface area contributed by atoms with Crippen molar-refractivity contribution in [3.63, 3.8) is 0 Å². The van der Waals surface area contributed by atoms with Crippen LogP contribution in [0.5, 0.6) is 0 Å². The van der Waals surface area contributed by atoms with Crippen molar-refractivity contribution in [1.29, 1.82) is 0 Å². The molecule has 0 amide bonds. The summed E-state index contributed by atoms with van der Waals surface area (Å²) in [6.07, 6.45) is -7.82. The number of hydrogen-bond acceptors (Lipinski definition) is 5. The molecule has 0 aliphatic heterocycles. The van der Waals surface area contributed by atoms with E-state index < -0.39 is 34.6 Å². The quantitative estimate of drug-likeness (QED) is 0.355. The van der Waals surface area contributed by atoms with Gasteiger partial charge in [-0.3, -0.25) is 4.40 Å². The van der Waals surface area contributed by atoms with Gasteiger partial charge in [0.1, 0.15) is 22.7 Å². The zero-order valence-corrected chi connectivity index (χ0v) is 13.5. The molecule has 0 aliphatic rings. The van der Waals surface area contributed by atoms with Crippen LogP contribution >= 0.6 is 0 Å². The molecular weight excluding hydrogens is 392 g/mol. The number of nitrogens with zero attached hydrogens (tertiary/aromatic N) is 5. The van der Waals surface area contributed by atoms with Crippen molar-refractivity contribution in [3.05, 3.63) is 42.0 Å². The minimum absolute atomic E-state index is 0.0117.